The minimum atomic E-state index is -0.620. The van der Waals surface area contributed by atoms with E-state index in [1.807, 2.05) is 30.3 Å². The fraction of sp³-hybridized carbons (Fsp3) is 0.308. The Bertz CT molecular complexity index is 370. The first kappa shape index (κ1) is 13.3. The summed E-state index contributed by atoms with van der Waals surface area (Å²) < 4.78 is 5.06. The Morgan fingerprint density at radius 2 is 2.00 bits per heavy atom. The first-order chi connectivity index (χ1) is 8.27. The largest absolute Gasteiger partial charge is 0.487 e. The van der Waals surface area contributed by atoms with Gasteiger partial charge in [-0.25, -0.2) is 4.79 Å². The molecule has 4 nitrogen and oxygen atoms in total. The average Bonchev–Trinajstić information content (AvgIpc) is 2.37. The van der Waals surface area contributed by atoms with Crippen LogP contribution in [0, 0.1) is 0 Å². The maximum Gasteiger partial charge on any atom is 0.406 e. The molecule has 1 aromatic carbocycles. The molecule has 1 aromatic rings. The molecule has 0 saturated carbocycles. The van der Waals surface area contributed by atoms with E-state index in [4.69, 9.17) is 9.62 Å². The Kier molecular flexibility index (Phi) is 5.82. The summed E-state index contributed by atoms with van der Waals surface area (Å²) in [6.45, 7) is 4.12. The van der Waals surface area contributed by atoms with Crippen molar-refractivity contribution < 1.29 is 19.3 Å². The molecule has 4 heteroatoms. The van der Waals surface area contributed by atoms with Crippen LogP contribution in [-0.2, 0) is 25.9 Å². The molecule has 0 radical (unpaired) electrons. The van der Waals surface area contributed by atoms with Crippen LogP contribution in [-0.4, -0.2) is 12.6 Å². The molecular formula is C13H16O4. The highest BCUT2D eigenvalue weighted by Gasteiger charge is 2.12. The summed E-state index contributed by atoms with van der Waals surface area (Å²) in [5.41, 5.74) is 0.929. The van der Waals surface area contributed by atoms with Crippen molar-refractivity contribution in [3.63, 3.8) is 0 Å². The van der Waals surface area contributed by atoms with E-state index in [-0.39, 0.29) is 12.4 Å². The van der Waals surface area contributed by atoms with Gasteiger partial charge in [-0.1, -0.05) is 30.3 Å². The molecule has 0 aliphatic carbocycles. The summed E-state index contributed by atoms with van der Waals surface area (Å²) in [7, 11) is 0. The molecule has 0 atom stereocenters. The van der Waals surface area contributed by atoms with E-state index in [1.165, 1.54) is 6.08 Å². The summed E-state index contributed by atoms with van der Waals surface area (Å²) >= 11 is 0. The molecule has 0 saturated heterocycles. The second-order valence-corrected chi connectivity index (χ2v) is 3.20. The number of hydrogen-bond acceptors (Lipinski definition) is 4. The number of hydrogen-bond donors (Lipinski definition) is 0. The Hall–Kier alpha value is -1.81. The highest BCUT2D eigenvalue weighted by Crippen LogP contribution is 2.04. The van der Waals surface area contributed by atoms with E-state index in [0.29, 0.717) is 6.61 Å². The minimum Gasteiger partial charge on any atom is -0.487 e. The maximum atomic E-state index is 11.4. The lowest BCUT2D eigenvalue weighted by Gasteiger charge is -2.07. The highest BCUT2D eigenvalue weighted by atomic mass is 17.2. The van der Waals surface area contributed by atoms with Crippen molar-refractivity contribution in [2.45, 2.75) is 20.5 Å². The summed E-state index contributed by atoms with van der Waals surface area (Å²) in [4.78, 5) is 20.9. The van der Waals surface area contributed by atoms with Crippen LogP contribution in [0.25, 0.3) is 0 Å². The quantitative estimate of drug-likeness (QED) is 0.329. The molecule has 0 aliphatic heterocycles. The van der Waals surface area contributed by atoms with Gasteiger partial charge in [-0.2, -0.15) is 4.89 Å². The van der Waals surface area contributed by atoms with E-state index in [0.717, 1.165) is 5.56 Å². The zero-order valence-corrected chi connectivity index (χ0v) is 10.0. The first-order valence-corrected chi connectivity index (χ1v) is 5.44. The van der Waals surface area contributed by atoms with E-state index in [9.17, 15) is 4.79 Å². The fourth-order valence-corrected chi connectivity index (χ4v) is 1.18. The molecule has 0 aromatic heterocycles. The second-order valence-electron chi connectivity index (χ2n) is 3.20. The molecule has 0 N–H and O–H groups in total. The van der Waals surface area contributed by atoms with Gasteiger partial charge in [0.15, 0.2) is 0 Å². The fourth-order valence-electron chi connectivity index (χ4n) is 1.18. The summed E-state index contributed by atoms with van der Waals surface area (Å²) in [6.07, 6.45) is 1.54. The van der Waals surface area contributed by atoms with Crippen LogP contribution in [0.3, 0.4) is 0 Å². The predicted octanol–water partition coefficient (Wildman–Crippen LogP) is 2.60. The molecule has 17 heavy (non-hydrogen) atoms. The zero-order valence-electron chi connectivity index (χ0n) is 10.0. The molecule has 92 valence electrons. The molecule has 0 heterocycles. The maximum absolute atomic E-state index is 11.4. The monoisotopic (exact) mass is 236 g/mol. The van der Waals surface area contributed by atoms with Gasteiger partial charge in [0.05, 0.1) is 6.61 Å². The van der Waals surface area contributed by atoms with Gasteiger partial charge < -0.3 is 4.74 Å². The average molecular weight is 236 g/mol. The van der Waals surface area contributed by atoms with Crippen molar-refractivity contribution in [1.82, 2.24) is 0 Å². The molecular weight excluding hydrogens is 220 g/mol. The van der Waals surface area contributed by atoms with Crippen LogP contribution >= 0.6 is 0 Å². The Labute approximate surface area is 101 Å². The van der Waals surface area contributed by atoms with Crippen molar-refractivity contribution in [3.8, 4) is 0 Å². The molecule has 0 bridgehead atoms. The Morgan fingerprint density at radius 1 is 1.29 bits per heavy atom. The van der Waals surface area contributed by atoms with E-state index in [2.05, 4.69) is 4.89 Å². The van der Waals surface area contributed by atoms with Crippen LogP contribution in [0.1, 0.15) is 19.4 Å². The van der Waals surface area contributed by atoms with Crippen molar-refractivity contribution >= 4 is 5.97 Å². The minimum absolute atomic E-state index is 0.153. The van der Waals surface area contributed by atoms with Crippen molar-refractivity contribution in [1.29, 1.82) is 0 Å². The van der Waals surface area contributed by atoms with Gasteiger partial charge in [-0.3, -0.25) is 4.89 Å². The van der Waals surface area contributed by atoms with Gasteiger partial charge in [-0.05, 0) is 25.5 Å². The van der Waals surface area contributed by atoms with Crippen LogP contribution in [0.5, 0.6) is 0 Å². The highest BCUT2D eigenvalue weighted by molar-refractivity contribution is 5.85. The van der Waals surface area contributed by atoms with Crippen LogP contribution in [0.15, 0.2) is 42.2 Å². The summed E-state index contributed by atoms with van der Waals surface area (Å²) in [6, 6.07) is 9.44. The second kappa shape index (κ2) is 7.46. The van der Waals surface area contributed by atoms with Gasteiger partial charge in [-0.15, -0.1) is 0 Å². The zero-order chi connectivity index (χ0) is 12.5. The molecule has 0 spiro atoms. The van der Waals surface area contributed by atoms with Crippen LogP contribution < -0.4 is 0 Å². The third-order valence-electron chi connectivity index (χ3n) is 1.97. The number of ether oxygens (including phenoxy) is 1. The van der Waals surface area contributed by atoms with Crippen LogP contribution in [0.2, 0.25) is 0 Å². The molecule has 0 fully saturated rings. The predicted molar refractivity (Wildman–Crippen MR) is 62.7 cm³/mol. The van der Waals surface area contributed by atoms with E-state index in [1.54, 1.807) is 13.8 Å². The van der Waals surface area contributed by atoms with Crippen molar-refractivity contribution in [3.05, 3.63) is 47.7 Å². The SMILES string of the molecule is CC=C(OCC)C(=O)OOCc1ccccc1. The lowest BCUT2D eigenvalue weighted by atomic mass is 10.2. The lowest BCUT2D eigenvalue weighted by Crippen LogP contribution is -2.11. The molecule has 0 aliphatic rings. The third kappa shape index (κ3) is 4.70. The van der Waals surface area contributed by atoms with Gasteiger partial charge in [0.2, 0.25) is 5.76 Å². The van der Waals surface area contributed by atoms with Gasteiger partial charge in [0, 0.05) is 0 Å². The Morgan fingerprint density at radius 3 is 2.59 bits per heavy atom. The van der Waals surface area contributed by atoms with Gasteiger partial charge in [0.25, 0.3) is 0 Å². The van der Waals surface area contributed by atoms with Crippen LogP contribution in [0.4, 0.5) is 0 Å². The molecule has 1 rings (SSSR count). The number of allylic oxidation sites excluding steroid dienone is 1. The van der Waals surface area contributed by atoms with Crippen molar-refractivity contribution in [2.75, 3.05) is 6.61 Å². The van der Waals surface area contributed by atoms with E-state index < -0.39 is 5.97 Å². The standard InChI is InChI=1S/C13H16O4/c1-3-12(15-4-2)13(14)17-16-10-11-8-6-5-7-9-11/h3,5-9H,4,10H2,1-2H3. The van der Waals surface area contributed by atoms with Gasteiger partial charge in [0.1, 0.15) is 6.61 Å². The normalized spacial score (nSPS) is 11.1. The topological polar surface area (TPSA) is 44.8 Å². The Balaban J connectivity index is 2.34. The lowest BCUT2D eigenvalue weighted by molar-refractivity contribution is -0.278. The first-order valence-electron chi connectivity index (χ1n) is 5.44. The summed E-state index contributed by atoms with van der Waals surface area (Å²) in [5.74, 6) is -0.467. The smallest absolute Gasteiger partial charge is 0.406 e. The van der Waals surface area contributed by atoms with Gasteiger partial charge >= 0.3 is 5.97 Å². The summed E-state index contributed by atoms with van der Waals surface area (Å²) in [5, 5.41) is 0. The number of carbonyl (C=O) groups excluding carboxylic acids is 1. The molecule has 0 unspecified atom stereocenters. The van der Waals surface area contributed by atoms with E-state index >= 15 is 0 Å². The number of rotatable bonds is 6. The van der Waals surface area contributed by atoms with Crippen molar-refractivity contribution in [2.24, 2.45) is 0 Å². The number of benzene rings is 1. The number of carbonyl (C=O) groups is 1. The third-order valence-corrected chi connectivity index (χ3v) is 1.97. The molecule has 0 amide bonds.